The number of hydrogen-bond acceptors (Lipinski definition) is 6. The van der Waals surface area contributed by atoms with Gasteiger partial charge >= 0.3 is 12.1 Å². The molecule has 11 heteroatoms. The summed E-state index contributed by atoms with van der Waals surface area (Å²) in [5, 5.41) is 0.218. The van der Waals surface area contributed by atoms with Gasteiger partial charge in [-0.15, -0.1) is 0 Å². The van der Waals surface area contributed by atoms with Crippen LogP contribution in [0.3, 0.4) is 0 Å². The molecule has 0 bridgehead atoms. The van der Waals surface area contributed by atoms with E-state index in [9.17, 15) is 22.8 Å². The number of alkyl halides is 3. The van der Waals surface area contributed by atoms with Crippen molar-refractivity contribution in [1.29, 1.82) is 0 Å². The Labute approximate surface area is 244 Å². The lowest BCUT2D eigenvalue weighted by atomic mass is 9.98. The number of methoxy groups -OCH3 is 1. The van der Waals surface area contributed by atoms with Crippen LogP contribution in [-0.4, -0.2) is 26.2 Å². The van der Waals surface area contributed by atoms with Crippen molar-refractivity contribution in [3.8, 4) is 23.0 Å². The Morgan fingerprint density at radius 2 is 1.64 bits per heavy atom. The fourth-order valence-corrected chi connectivity index (χ4v) is 5.05. The summed E-state index contributed by atoms with van der Waals surface area (Å²) in [6.07, 6.45) is -3.20. The van der Waals surface area contributed by atoms with E-state index in [1.807, 2.05) is 0 Å². The molecule has 0 saturated carbocycles. The summed E-state index contributed by atoms with van der Waals surface area (Å²) in [5.74, 6) is -2.25. The molecule has 3 aromatic carbocycles. The molecule has 0 atom stereocenters. The molecule has 220 valence electrons. The number of hydrogen-bond donors (Lipinski definition) is 1. The number of benzene rings is 3. The number of fused-ring (bicyclic) bond motifs is 1. The lowest BCUT2D eigenvalue weighted by Gasteiger charge is -2.28. The van der Waals surface area contributed by atoms with E-state index in [1.165, 1.54) is 55.6 Å². The van der Waals surface area contributed by atoms with Crippen LogP contribution in [0.5, 0.6) is 23.0 Å². The second kappa shape index (κ2) is 12.1. The van der Waals surface area contributed by atoms with E-state index in [-0.39, 0.29) is 40.1 Å². The monoisotopic (exact) mass is 602 g/mol. The van der Waals surface area contributed by atoms with E-state index in [1.54, 1.807) is 12.1 Å². The molecule has 42 heavy (non-hydrogen) atoms. The second-order valence-electron chi connectivity index (χ2n) is 10.3. The van der Waals surface area contributed by atoms with E-state index in [0.29, 0.717) is 16.7 Å². The number of carbonyl (C=O) groups is 1. The van der Waals surface area contributed by atoms with E-state index < -0.39 is 29.1 Å². The Bertz CT molecular complexity index is 1640. The van der Waals surface area contributed by atoms with Gasteiger partial charge in [0.1, 0.15) is 23.8 Å². The van der Waals surface area contributed by atoms with Gasteiger partial charge in [-0.25, -0.2) is 4.79 Å². The van der Waals surface area contributed by atoms with Crippen LogP contribution in [0.4, 0.5) is 13.2 Å². The number of rotatable bonds is 7. The van der Waals surface area contributed by atoms with Gasteiger partial charge in [-0.2, -0.15) is 13.2 Å². The summed E-state index contributed by atoms with van der Waals surface area (Å²) in [4.78, 5) is 27.6. The van der Waals surface area contributed by atoms with Crippen LogP contribution < -0.4 is 24.5 Å². The number of quaternary nitrogens is 1. The lowest BCUT2D eigenvalue weighted by molar-refractivity contribution is -0.919. The zero-order valence-corrected chi connectivity index (χ0v) is 23.6. The van der Waals surface area contributed by atoms with Crippen LogP contribution in [0, 0.1) is 5.92 Å². The summed E-state index contributed by atoms with van der Waals surface area (Å²) in [7, 11) is 1.49. The first-order valence-corrected chi connectivity index (χ1v) is 13.7. The topological polar surface area (TPSA) is 79.4 Å². The highest BCUT2D eigenvalue weighted by Gasteiger charge is 2.41. The summed E-state index contributed by atoms with van der Waals surface area (Å²) in [6.45, 7) is 3.86. The quantitative estimate of drug-likeness (QED) is 0.198. The van der Waals surface area contributed by atoms with Gasteiger partial charge in [0, 0.05) is 5.02 Å². The molecule has 0 unspecified atom stereocenters. The van der Waals surface area contributed by atoms with Crippen molar-refractivity contribution >= 4 is 28.5 Å². The molecular formula is C31H28ClF3NO6+. The molecule has 1 aromatic heterocycles. The third-order valence-corrected chi connectivity index (χ3v) is 7.56. The first kappa shape index (κ1) is 29.5. The molecule has 1 saturated heterocycles. The molecule has 1 aliphatic heterocycles. The summed E-state index contributed by atoms with van der Waals surface area (Å²) in [5.41, 5.74) is -0.901. The Morgan fingerprint density at radius 1 is 1.00 bits per heavy atom. The normalized spacial score (nSPS) is 17.2. The minimum absolute atomic E-state index is 0.0112. The Kier molecular flexibility index (Phi) is 8.47. The fourth-order valence-electron chi connectivity index (χ4n) is 4.92. The highest BCUT2D eigenvalue weighted by molar-refractivity contribution is 6.30. The van der Waals surface area contributed by atoms with Crippen molar-refractivity contribution in [2.75, 3.05) is 20.2 Å². The average Bonchev–Trinajstić information content (AvgIpc) is 2.97. The summed E-state index contributed by atoms with van der Waals surface area (Å²) < 4.78 is 64.7. The highest BCUT2D eigenvalue weighted by Crippen LogP contribution is 2.40. The van der Waals surface area contributed by atoms with Gasteiger partial charge in [0.2, 0.25) is 11.2 Å². The molecule has 0 spiro atoms. The maximum atomic E-state index is 14.3. The van der Waals surface area contributed by atoms with Gasteiger partial charge in [-0.1, -0.05) is 18.5 Å². The largest absolute Gasteiger partial charge is 0.497 e. The van der Waals surface area contributed by atoms with Crippen LogP contribution in [0.2, 0.25) is 5.02 Å². The number of ether oxygens (including phenoxy) is 3. The minimum atomic E-state index is -5.06. The zero-order chi connectivity index (χ0) is 30.0. The number of piperidine rings is 1. The molecule has 1 aliphatic rings. The Hall–Kier alpha value is -4.02. The van der Waals surface area contributed by atoms with Crippen LogP contribution in [0.1, 0.15) is 41.4 Å². The minimum Gasteiger partial charge on any atom is -0.497 e. The molecule has 5 rings (SSSR count). The third-order valence-electron chi connectivity index (χ3n) is 7.31. The van der Waals surface area contributed by atoms with Crippen molar-refractivity contribution in [3.05, 3.63) is 92.8 Å². The van der Waals surface area contributed by atoms with Gasteiger partial charge in [0.05, 0.1) is 36.7 Å². The average molecular weight is 603 g/mol. The maximum absolute atomic E-state index is 14.3. The Morgan fingerprint density at radius 3 is 2.26 bits per heavy atom. The van der Waals surface area contributed by atoms with Crippen LogP contribution in [-0.2, 0) is 12.7 Å². The molecule has 1 N–H and O–H groups in total. The van der Waals surface area contributed by atoms with E-state index in [2.05, 4.69) is 6.92 Å². The molecule has 1 fully saturated rings. The SMILES string of the molecule is COc1ccc(C(=O)Oc2ccc3c(=O)c(Oc4ccc(Cl)cc4)c(C(F)(F)F)oc3c2C[NH+]2CCC(C)CC2)cc1. The van der Waals surface area contributed by atoms with Gasteiger partial charge in [-0.05, 0) is 79.4 Å². The maximum Gasteiger partial charge on any atom is 0.453 e. The van der Waals surface area contributed by atoms with E-state index in [0.717, 1.165) is 30.8 Å². The van der Waals surface area contributed by atoms with Crippen LogP contribution in [0.25, 0.3) is 11.0 Å². The van der Waals surface area contributed by atoms with Gasteiger partial charge in [-0.3, -0.25) is 4.79 Å². The summed E-state index contributed by atoms with van der Waals surface area (Å²) >= 11 is 5.88. The van der Waals surface area contributed by atoms with Gasteiger partial charge < -0.3 is 23.5 Å². The second-order valence-corrected chi connectivity index (χ2v) is 10.7. The fraction of sp³-hybridized carbons (Fsp3) is 0.290. The van der Waals surface area contributed by atoms with Crippen molar-refractivity contribution in [1.82, 2.24) is 0 Å². The third kappa shape index (κ3) is 6.39. The molecular weight excluding hydrogens is 575 g/mol. The molecule has 0 amide bonds. The van der Waals surface area contributed by atoms with Crippen LogP contribution in [0.15, 0.2) is 69.9 Å². The molecule has 0 radical (unpaired) electrons. The van der Waals surface area contributed by atoms with E-state index in [4.69, 9.17) is 30.2 Å². The smallest absolute Gasteiger partial charge is 0.453 e. The molecule has 2 heterocycles. The van der Waals surface area contributed by atoms with E-state index >= 15 is 0 Å². The van der Waals surface area contributed by atoms with Gasteiger partial charge in [0.15, 0.2) is 5.58 Å². The predicted molar refractivity (Wildman–Crippen MR) is 150 cm³/mol. The summed E-state index contributed by atoms with van der Waals surface area (Å²) in [6, 6.07) is 14.4. The number of likely N-dealkylation sites (tertiary alicyclic amines) is 1. The highest BCUT2D eigenvalue weighted by atomic mass is 35.5. The van der Waals surface area contributed by atoms with Crippen molar-refractivity contribution in [3.63, 3.8) is 0 Å². The first-order chi connectivity index (χ1) is 20.0. The molecule has 7 nitrogen and oxygen atoms in total. The first-order valence-electron chi connectivity index (χ1n) is 13.4. The van der Waals surface area contributed by atoms with Crippen molar-refractivity contribution in [2.24, 2.45) is 5.92 Å². The zero-order valence-electron chi connectivity index (χ0n) is 22.8. The number of halogens is 4. The molecule has 4 aromatic rings. The predicted octanol–water partition coefficient (Wildman–Crippen LogP) is 6.30. The standard InChI is InChI=1S/C31H27ClF3NO6/c1-18-13-15-36(16-14-18)17-24-25(41-30(38)19-3-7-21(39-2)8-4-19)12-11-23-26(37)28(29(31(33,34)35)42-27(23)24)40-22-9-5-20(32)6-10-22/h3-12,18H,13-17H2,1-2H3/p+1. The number of nitrogens with one attached hydrogen (secondary N) is 1. The molecule has 0 aliphatic carbocycles. The van der Waals surface area contributed by atoms with Crippen molar-refractivity contribution < 1.29 is 41.5 Å². The Balaban J connectivity index is 1.63. The van der Waals surface area contributed by atoms with Crippen LogP contribution >= 0.6 is 11.6 Å². The van der Waals surface area contributed by atoms with Crippen molar-refractivity contribution in [2.45, 2.75) is 32.5 Å². The lowest BCUT2D eigenvalue weighted by Crippen LogP contribution is -3.11. The van der Waals surface area contributed by atoms with Gasteiger partial charge in [0.25, 0.3) is 5.76 Å². The number of esters is 1. The number of carbonyl (C=O) groups excluding carboxylic acids is 1.